The van der Waals surface area contributed by atoms with Gasteiger partial charge in [-0.05, 0) is 43.0 Å². The maximum Gasteiger partial charge on any atom is 0.261 e. The SMILES string of the molecule is C[C@@H](Oc1nc(-c2ccccc2)ccc1NCC(N)CS)C(=O)NC1CCc2ccccc21. The fourth-order valence-corrected chi connectivity index (χ4v) is 4.09. The third kappa shape index (κ3) is 5.67. The largest absolute Gasteiger partial charge is 0.463 e. The van der Waals surface area contributed by atoms with Crippen molar-refractivity contribution in [1.29, 1.82) is 0 Å². The van der Waals surface area contributed by atoms with Gasteiger partial charge in [-0.25, -0.2) is 4.98 Å². The molecule has 0 fully saturated rings. The van der Waals surface area contributed by atoms with Gasteiger partial charge in [-0.15, -0.1) is 0 Å². The van der Waals surface area contributed by atoms with Gasteiger partial charge >= 0.3 is 0 Å². The van der Waals surface area contributed by atoms with Crippen molar-refractivity contribution in [3.63, 3.8) is 0 Å². The molecule has 1 heterocycles. The summed E-state index contributed by atoms with van der Waals surface area (Å²) in [4.78, 5) is 17.7. The highest BCUT2D eigenvalue weighted by atomic mass is 32.1. The van der Waals surface area contributed by atoms with Crippen molar-refractivity contribution in [3.05, 3.63) is 77.9 Å². The molecule has 1 aliphatic carbocycles. The number of carbonyl (C=O) groups is 1. The Morgan fingerprint density at radius 1 is 1.15 bits per heavy atom. The minimum atomic E-state index is -0.713. The standard InChI is InChI=1S/C26H30N4O2S/c1-17(25(31)29-23-12-11-18-7-5-6-10-21(18)23)32-26-24(28-15-20(27)16-33)14-13-22(30-26)19-8-3-2-4-9-19/h2-10,13-14,17,20,23,28,33H,11-12,15-16,27H2,1H3,(H,29,31)/t17-,20?,23?/m1/s1. The van der Waals surface area contributed by atoms with Crippen LogP contribution in [0.5, 0.6) is 5.88 Å². The lowest BCUT2D eigenvalue weighted by Gasteiger charge is -2.21. The molecule has 3 aromatic rings. The number of anilines is 1. The molecule has 1 aromatic heterocycles. The maximum atomic E-state index is 13.0. The first-order chi connectivity index (χ1) is 16.0. The number of nitrogens with two attached hydrogens (primary N) is 1. The highest BCUT2D eigenvalue weighted by Gasteiger charge is 2.26. The van der Waals surface area contributed by atoms with Crippen LogP contribution in [0.4, 0.5) is 5.69 Å². The summed E-state index contributed by atoms with van der Waals surface area (Å²) in [5.41, 5.74) is 10.9. The summed E-state index contributed by atoms with van der Waals surface area (Å²) in [6.07, 6.45) is 1.15. The zero-order valence-corrected chi connectivity index (χ0v) is 19.6. The first-order valence-corrected chi connectivity index (χ1v) is 11.9. The van der Waals surface area contributed by atoms with E-state index in [-0.39, 0.29) is 18.0 Å². The van der Waals surface area contributed by atoms with Crippen LogP contribution in [-0.4, -0.2) is 35.3 Å². The average Bonchev–Trinajstić information content (AvgIpc) is 3.26. The first-order valence-electron chi connectivity index (χ1n) is 11.3. The molecule has 6 nitrogen and oxygen atoms in total. The number of thiol groups is 1. The highest BCUT2D eigenvalue weighted by molar-refractivity contribution is 7.80. The Bertz CT molecular complexity index is 1090. The van der Waals surface area contributed by atoms with Crippen molar-refractivity contribution in [2.45, 2.75) is 38.0 Å². The smallest absolute Gasteiger partial charge is 0.261 e. The summed E-state index contributed by atoms with van der Waals surface area (Å²) in [6.45, 7) is 2.27. The number of hydrogen-bond acceptors (Lipinski definition) is 6. The Balaban J connectivity index is 1.51. The number of rotatable bonds is 9. The summed E-state index contributed by atoms with van der Waals surface area (Å²) < 4.78 is 6.09. The Morgan fingerprint density at radius 3 is 2.70 bits per heavy atom. The molecule has 0 spiro atoms. The predicted octanol–water partition coefficient (Wildman–Crippen LogP) is 3.99. The second-order valence-electron chi connectivity index (χ2n) is 8.30. The van der Waals surface area contributed by atoms with E-state index in [9.17, 15) is 4.79 Å². The summed E-state index contributed by atoms with van der Waals surface area (Å²) in [6, 6.07) is 21.8. The quantitative estimate of drug-likeness (QED) is 0.361. The molecular weight excluding hydrogens is 432 g/mol. The Hall–Kier alpha value is -3.03. The number of aryl methyl sites for hydroxylation is 1. The van der Waals surface area contributed by atoms with E-state index in [4.69, 9.17) is 15.5 Å². The molecule has 3 atom stereocenters. The molecule has 33 heavy (non-hydrogen) atoms. The molecule has 2 aromatic carbocycles. The first kappa shape index (κ1) is 23.1. The number of pyridine rings is 1. The van der Waals surface area contributed by atoms with Crippen molar-refractivity contribution < 1.29 is 9.53 Å². The van der Waals surface area contributed by atoms with Crippen molar-refractivity contribution in [2.24, 2.45) is 5.73 Å². The van der Waals surface area contributed by atoms with Crippen LogP contribution in [0.25, 0.3) is 11.3 Å². The molecule has 1 amide bonds. The van der Waals surface area contributed by atoms with E-state index in [1.165, 1.54) is 11.1 Å². The number of carbonyl (C=O) groups excluding carboxylic acids is 1. The molecule has 0 aliphatic heterocycles. The van der Waals surface area contributed by atoms with Crippen molar-refractivity contribution in [1.82, 2.24) is 10.3 Å². The van der Waals surface area contributed by atoms with E-state index >= 15 is 0 Å². The van der Waals surface area contributed by atoms with Gasteiger partial charge in [-0.1, -0.05) is 54.6 Å². The van der Waals surface area contributed by atoms with Gasteiger partial charge in [0.2, 0.25) is 5.88 Å². The fourth-order valence-electron chi connectivity index (χ4n) is 3.96. The van der Waals surface area contributed by atoms with Gasteiger partial charge < -0.3 is 21.1 Å². The number of nitrogens with one attached hydrogen (secondary N) is 2. The van der Waals surface area contributed by atoms with E-state index in [0.29, 0.717) is 23.9 Å². The number of aromatic nitrogens is 1. The minimum absolute atomic E-state index is 0.00865. The third-order valence-corrected chi connectivity index (χ3v) is 6.30. The molecule has 0 radical (unpaired) electrons. The lowest BCUT2D eigenvalue weighted by atomic mass is 10.1. The Kier molecular flexibility index (Phi) is 7.52. The topological polar surface area (TPSA) is 89.3 Å². The second kappa shape index (κ2) is 10.7. The van der Waals surface area contributed by atoms with E-state index in [1.807, 2.05) is 54.6 Å². The van der Waals surface area contributed by atoms with Crippen LogP contribution >= 0.6 is 12.6 Å². The zero-order valence-electron chi connectivity index (χ0n) is 18.7. The zero-order chi connectivity index (χ0) is 23.2. The lowest BCUT2D eigenvalue weighted by molar-refractivity contribution is -0.128. The van der Waals surface area contributed by atoms with Crippen LogP contribution in [0.15, 0.2) is 66.7 Å². The second-order valence-corrected chi connectivity index (χ2v) is 8.66. The maximum absolute atomic E-state index is 13.0. The van der Waals surface area contributed by atoms with Gasteiger partial charge in [0.1, 0.15) is 0 Å². The fraction of sp³-hybridized carbons (Fsp3) is 0.308. The summed E-state index contributed by atoms with van der Waals surface area (Å²) in [5.74, 6) is 0.763. The van der Waals surface area contributed by atoms with Crippen LogP contribution in [-0.2, 0) is 11.2 Å². The van der Waals surface area contributed by atoms with Crippen LogP contribution in [0.1, 0.15) is 30.5 Å². The van der Waals surface area contributed by atoms with E-state index < -0.39 is 6.10 Å². The highest BCUT2D eigenvalue weighted by Crippen LogP contribution is 2.31. The van der Waals surface area contributed by atoms with Gasteiger partial charge in [0.05, 0.1) is 17.4 Å². The lowest BCUT2D eigenvalue weighted by Crippen LogP contribution is -2.38. The van der Waals surface area contributed by atoms with Gasteiger partial charge in [0.15, 0.2) is 6.10 Å². The van der Waals surface area contributed by atoms with E-state index in [2.05, 4.69) is 35.4 Å². The molecule has 0 saturated carbocycles. The minimum Gasteiger partial charge on any atom is -0.463 e. The van der Waals surface area contributed by atoms with Gasteiger partial charge in [0, 0.05) is 23.9 Å². The van der Waals surface area contributed by atoms with Gasteiger partial charge in [0.25, 0.3) is 5.91 Å². The summed E-state index contributed by atoms with van der Waals surface area (Å²) >= 11 is 4.24. The van der Waals surface area contributed by atoms with E-state index in [0.717, 1.165) is 24.1 Å². The molecule has 172 valence electrons. The van der Waals surface area contributed by atoms with Gasteiger partial charge in [-0.2, -0.15) is 12.6 Å². The molecular formula is C26H30N4O2S. The molecule has 1 aliphatic rings. The number of ether oxygens (including phenoxy) is 1. The number of amides is 1. The van der Waals surface area contributed by atoms with Crippen LogP contribution in [0.2, 0.25) is 0 Å². The van der Waals surface area contributed by atoms with Crippen molar-refractivity contribution in [2.75, 3.05) is 17.6 Å². The summed E-state index contributed by atoms with van der Waals surface area (Å²) in [5, 5.41) is 6.42. The van der Waals surface area contributed by atoms with Crippen LogP contribution < -0.4 is 21.1 Å². The average molecular weight is 463 g/mol. The molecule has 4 N–H and O–H groups in total. The molecule has 0 saturated heterocycles. The number of benzene rings is 2. The summed E-state index contributed by atoms with van der Waals surface area (Å²) in [7, 11) is 0. The Labute approximate surface area is 200 Å². The van der Waals surface area contributed by atoms with Gasteiger partial charge in [-0.3, -0.25) is 4.79 Å². The number of nitrogens with zero attached hydrogens (tertiary/aromatic N) is 1. The van der Waals surface area contributed by atoms with Crippen LogP contribution in [0.3, 0.4) is 0 Å². The van der Waals surface area contributed by atoms with Crippen molar-refractivity contribution >= 4 is 24.2 Å². The Morgan fingerprint density at radius 2 is 1.91 bits per heavy atom. The monoisotopic (exact) mass is 462 g/mol. The number of fused-ring (bicyclic) bond motifs is 1. The van der Waals surface area contributed by atoms with Crippen molar-refractivity contribution in [3.8, 4) is 17.1 Å². The van der Waals surface area contributed by atoms with E-state index in [1.54, 1.807) is 6.92 Å². The molecule has 7 heteroatoms. The third-order valence-electron chi connectivity index (χ3n) is 5.83. The number of hydrogen-bond donors (Lipinski definition) is 4. The molecule has 4 rings (SSSR count). The molecule has 2 unspecified atom stereocenters. The predicted molar refractivity (Wildman–Crippen MR) is 136 cm³/mol. The normalized spacial score (nSPS) is 16.5. The van der Waals surface area contributed by atoms with Crippen LogP contribution in [0, 0.1) is 0 Å². The molecule has 0 bridgehead atoms.